The second-order valence-corrected chi connectivity index (χ2v) is 6.86. The molecule has 0 bridgehead atoms. The fraction of sp³-hybridized carbons (Fsp3) is 0.130. The maximum atomic E-state index is 12.7. The van der Waals surface area contributed by atoms with E-state index in [-0.39, 0.29) is 17.9 Å². The van der Waals surface area contributed by atoms with E-state index in [4.69, 9.17) is 4.74 Å². The van der Waals surface area contributed by atoms with E-state index >= 15 is 0 Å². The highest BCUT2D eigenvalue weighted by molar-refractivity contribution is 5.94. The number of fused-ring (bicyclic) bond motifs is 2. The smallest absolute Gasteiger partial charge is 0.262 e. The monoisotopic (exact) mass is 372 g/mol. The third-order valence-corrected chi connectivity index (χ3v) is 4.70. The number of pyridine rings is 1. The molecule has 0 saturated carbocycles. The molecule has 4 rings (SSSR count). The zero-order valence-corrected chi connectivity index (χ0v) is 15.7. The average molecular weight is 372 g/mol. The predicted octanol–water partition coefficient (Wildman–Crippen LogP) is 4.32. The Labute approximate surface area is 162 Å². The second-order valence-electron chi connectivity index (χ2n) is 6.86. The molecule has 0 radical (unpaired) electrons. The number of para-hydroxylation sites is 1. The largest absolute Gasteiger partial charge is 0.484 e. The summed E-state index contributed by atoms with van der Waals surface area (Å²) in [6.45, 7) is 3.82. The van der Waals surface area contributed by atoms with Crippen LogP contribution in [0.25, 0.3) is 21.8 Å². The number of amides is 1. The Hall–Kier alpha value is -3.60. The molecule has 5 nitrogen and oxygen atoms in total. The van der Waals surface area contributed by atoms with Crippen molar-refractivity contribution >= 4 is 33.4 Å². The maximum Gasteiger partial charge on any atom is 0.262 e. The standard InChI is InChI=1S/C23H20N2O3/c1-14-7-9-19(15(2)11-14)25-22(26)13-28-16-8-10-21-18(12-16)23(27)17-5-3-4-6-20(17)24-21/h3-12H,13H2,1-2H3,(H,24,27)(H,25,26). The van der Waals surface area contributed by atoms with Crippen LogP contribution in [-0.4, -0.2) is 17.5 Å². The van der Waals surface area contributed by atoms with Gasteiger partial charge >= 0.3 is 0 Å². The first kappa shape index (κ1) is 17.8. The molecule has 5 heteroatoms. The van der Waals surface area contributed by atoms with E-state index < -0.39 is 0 Å². The van der Waals surface area contributed by atoms with Crippen LogP contribution >= 0.6 is 0 Å². The van der Waals surface area contributed by atoms with Gasteiger partial charge in [0.05, 0.1) is 5.52 Å². The molecular formula is C23H20N2O3. The van der Waals surface area contributed by atoms with E-state index in [2.05, 4.69) is 10.3 Å². The van der Waals surface area contributed by atoms with E-state index in [0.29, 0.717) is 16.5 Å². The van der Waals surface area contributed by atoms with E-state index in [0.717, 1.165) is 27.8 Å². The van der Waals surface area contributed by atoms with Gasteiger partial charge in [0.1, 0.15) is 5.75 Å². The second kappa shape index (κ2) is 7.19. The van der Waals surface area contributed by atoms with E-state index in [1.165, 1.54) is 0 Å². The first-order valence-electron chi connectivity index (χ1n) is 9.06. The van der Waals surface area contributed by atoms with E-state index in [1.54, 1.807) is 24.3 Å². The molecule has 0 saturated heterocycles. The van der Waals surface area contributed by atoms with Crippen LogP contribution in [0, 0.1) is 13.8 Å². The molecule has 0 aliphatic heterocycles. The number of nitrogens with one attached hydrogen (secondary N) is 2. The molecule has 0 unspecified atom stereocenters. The van der Waals surface area contributed by atoms with Crippen LogP contribution in [0.3, 0.4) is 0 Å². The van der Waals surface area contributed by atoms with Gasteiger partial charge in [0.25, 0.3) is 5.91 Å². The number of hydrogen-bond acceptors (Lipinski definition) is 3. The molecule has 28 heavy (non-hydrogen) atoms. The number of carbonyl (C=O) groups excluding carboxylic acids is 1. The number of aromatic amines is 1. The van der Waals surface area contributed by atoms with Gasteiger partial charge in [0.15, 0.2) is 12.0 Å². The van der Waals surface area contributed by atoms with Crippen LogP contribution in [0.15, 0.2) is 65.5 Å². The highest BCUT2D eigenvalue weighted by atomic mass is 16.5. The minimum atomic E-state index is -0.250. The molecule has 140 valence electrons. The number of ether oxygens (including phenoxy) is 1. The van der Waals surface area contributed by atoms with Crippen molar-refractivity contribution < 1.29 is 9.53 Å². The van der Waals surface area contributed by atoms with Gasteiger partial charge in [0, 0.05) is 22.0 Å². The number of anilines is 1. The lowest BCUT2D eigenvalue weighted by molar-refractivity contribution is -0.118. The Morgan fingerprint density at radius 1 is 0.964 bits per heavy atom. The van der Waals surface area contributed by atoms with Gasteiger partial charge in [-0.2, -0.15) is 0 Å². The summed E-state index contributed by atoms with van der Waals surface area (Å²) in [5.74, 6) is 0.225. The number of aryl methyl sites for hydroxylation is 2. The van der Waals surface area contributed by atoms with Gasteiger partial charge in [-0.25, -0.2) is 0 Å². The topological polar surface area (TPSA) is 71.2 Å². The Morgan fingerprint density at radius 2 is 1.75 bits per heavy atom. The molecule has 0 aliphatic carbocycles. The molecule has 1 aromatic heterocycles. The predicted molar refractivity (Wildman–Crippen MR) is 112 cm³/mol. The molecule has 4 aromatic rings. The summed E-state index contributed by atoms with van der Waals surface area (Å²) in [6, 6.07) is 18.4. The summed E-state index contributed by atoms with van der Waals surface area (Å²) in [5, 5.41) is 4.01. The van der Waals surface area contributed by atoms with Crippen molar-refractivity contribution in [3.05, 3.63) is 82.0 Å². The van der Waals surface area contributed by atoms with Crippen molar-refractivity contribution in [1.82, 2.24) is 4.98 Å². The zero-order valence-electron chi connectivity index (χ0n) is 15.7. The van der Waals surface area contributed by atoms with Gasteiger partial charge < -0.3 is 15.0 Å². The van der Waals surface area contributed by atoms with Crippen LogP contribution in [0.5, 0.6) is 5.75 Å². The SMILES string of the molecule is Cc1ccc(NC(=O)COc2ccc3[nH]c4ccccc4c(=O)c3c2)c(C)c1. The molecule has 0 spiro atoms. The van der Waals surface area contributed by atoms with Gasteiger partial charge in [-0.1, -0.05) is 29.8 Å². The summed E-state index contributed by atoms with van der Waals surface area (Å²) in [5.41, 5.74) is 4.37. The van der Waals surface area contributed by atoms with Crippen molar-refractivity contribution in [1.29, 1.82) is 0 Å². The first-order chi connectivity index (χ1) is 13.5. The van der Waals surface area contributed by atoms with Crippen LogP contribution in [0.2, 0.25) is 0 Å². The van der Waals surface area contributed by atoms with Gasteiger partial charge in [-0.3, -0.25) is 9.59 Å². The number of H-pyrrole nitrogens is 1. The fourth-order valence-corrected chi connectivity index (χ4v) is 3.28. The first-order valence-corrected chi connectivity index (χ1v) is 9.06. The molecule has 0 atom stereocenters. The number of aromatic nitrogens is 1. The Bertz CT molecular complexity index is 1260. The fourth-order valence-electron chi connectivity index (χ4n) is 3.28. The highest BCUT2D eigenvalue weighted by Gasteiger charge is 2.09. The van der Waals surface area contributed by atoms with Crippen LogP contribution in [0.4, 0.5) is 5.69 Å². The Morgan fingerprint density at radius 3 is 2.57 bits per heavy atom. The summed E-state index contributed by atoms with van der Waals surface area (Å²) in [7, 11) is 0. The molecular weight excluding hydrogens is 352 g/mol. The molecule has 3 aromatic carbocycles. The van der Waals surface area contributed by atoms with Crippen LogP contribution in [0.1, 0.15) is 11.1 Å². The van der Waals surface area contributed by atoms with Gasteiger partial charge in [-0.15, -0.1) is 0 Å². The van der Waals surface area contributed by atoms with E-state index in [1.807, 2.05) is 50.2 Å². The molecule has 1 amide bonds. The number of carbonyl (C=O) groups is 1. The van der Waals surface area contributed by atoms with Crippen molar-refractivity contribution in [2.45, 2.75) is 13.8 Å². The summed E-state index contributed by atoms with van der Waals surface area (Å²) in [6.07, 6.45) is 0. The third kappa shape index (κ3) is 3.47. The summed E-state index contributed by atoms with van der Waals surface area (Å²) >= 11 is 0. The van der Waals surface area contributed by atoms with Crippen LogP contribution < -0.4 is 15.5 Å². The average Bonchev–Trinajstić information content (AvgIpc) is 2.69. The summed E-state index contributed by atoms with van der Waals surface area (Å²) < 4.78 is 5.61. The number of rotatable bonds is 4. The van der Waals surface area contributed by atoms with Crippen LogP contribution in [-0.2, 0) is 4.79 Å². The van der Waals surface area contributed by atoms with Crippen molar-refractivity contribution in [3.63, 3.8) is 0 Å². The number of benzene rings is 3. The van der Waals surface area contributed by atoms with Gasteiger partial charge in [0.2, 0.25) is 0 Å². The maximum absolute atomic E-state index is 12.7. The highest BCUT2D eigenvalue weighted by Crippen LogP contribution is 2.20. The lowest BCUT2D eigenvalue weighted by Gasteiger charge is -2.11. The minimum absolute atomic E-state index is 0.0606. The molecule has 2 N–H and O–H groups in total. The zero-order chi connectivity index (χ0) is 19.7. The summed E-state index contributed by atoms with van der Waals surface area (Å²) in [4.78, 5) is 28.2. The third-order valence-electron chi connectivity index (χ3n) is 4.70. The molecule has 0 fully saturated rings. The van der Waals surface area contributed by atoms with Gasteiger partial charge in [-0.05, 0) is 55.8 Å². The lowest BCUT2D eigenvalue weighted by atomic mass is 10.1. The van der Waals surface area contributed by atoms with Crippen molar-refractivity contribution in [2.24, 2.45) is 0 Å². The Kier molecular flexibility index (Phi) is 4.57. The van der Waals surface area contributed by atoms with Crippen molar-refractivity contribution in [2.75, 3.05) is 11.9 Å². The molecule has 0 aliphatic rings. The molecule has 1 heterocycles. The Balaban J connectivity index is 1.53. The minimum Gasteiger partial charge on any atom is -0.484 e. The normalized spacial score (nSPS) is 10.9. The number of hydrogen-bond donors (Lipinski definition) is 2. The lowest BCUT2D eigenvalue weighted by Crippen LogP contribution is -2.20. The van der Waals surface area contributed by atoms with E-state index in [9.17, 15) is 9.59 Å². The quantitative estimate of drug-likeness (QED) is 0.524. The van der Waals surface area contributed by atoms with Crippen molar-refractivity contribution in [3.8, 4) is 5.75 Å².